The van der Waals surface area contributed by atoms with E-state index in [0.29, 0.717) is 10.8 Å². The minimum atomic E-state index is -0.788. The molecule has 0 amide bonds. The van der Waals surface area contributed by atoms with E-state index < -0.39 is 11.9 Å². The first kappa shape index (κ1) is 10.7. The first-order valence-electron chi connectivity index (χ1n) is 5.28. The Labute approximate surface area is 101 Å². The summed E-state index contributed by atoms with van der Waals surface area (Å²) in [4.78, 5) is 23.2. The molecule has 0 radical (unpaired) electrons. The number of carbonyl (C=O) groups excluding carboxylic acids is 2. The van der Waals surface area contributed by atoms with Crippen LogP contribution in [-0.4, -0.2) is 22.2 Å². The van der Waals surface area contributed by atoms with E-state index in [-0.39, 0.29) is 29.0 Å². The number of cyclic esters (lactones) is 2. The van der Waals surface area contributed by atoms with Gasteiger partial charge < -0.3 is 14.9 Å². The van der Waals surface area contributed by atoms with E-state index >= 15 is 0 Å². The van der Waals surface area contributed by atoms with Gasteiger partial charge in [-0.15, -0.1) is 0 Å². The first-order valence-corrected chi connectivity index (χ1v) is 5.28. The van der Waals surface area contributed by atoms with Gasteiger partial charge in [0.05, 0.1) is 17.7 Å². The minimum Gasteiger partial charge on any atom is -0.508 e. The number of hydrogen-bond donors (Lipinski definition) is 2. The molecule has 0 unspecified atom stereocenters. The summed E-state index contributed by atoms with van der Waals surface area (Å²) in [5, 5.41) is 19.9. The molecule has 90 valence electrons. The molecule has 0 aromatic heterocycles. The zero-order chi connectivity index (χ0) is 12.9. The fraction of sp³-hybridized carbons (Fsp3) is 0.0769. The summed E-state index contributed by atoms with van der Waals surface area (Å²) in [6.07, 6.45) is 0. The molecule has 0 bridgehead atoms. The molecule has 2 aromatic carbocycles. The quantitative estimate of drug-likeness (QED) is 0.584. The summed E-state index contributed by atoms with van der Waals surface area (Å²) in [5.74, 6) is -1.69. The van der Waals surface area contributed by atoms with E-state index in [4.69, 9.17) is 0 Å². The molecule has 1 aliphatic heterocycles. The Balaban J connectivity index is 2.55. The van der Waals surface area contributed by atoms with Crippen LogP contribution in [-0.2, 0) is 11.3 Å². The summed E-state index contributed by atoms with van der Waals surface area (Å²) in [7, 11) is 0. The average molecular weight is 244 g/mol. The molecular formula is C13H8O5. The van der Waals surface area contributed by atoms with Crippen molar-refractivity contribution in [2.24, 2.45) is 0 Å². The molecule has 3 rings (SSSR count). The highest BCUT2D eigenvalue weighted by Gasteiger charge is 2.29. The standard InChI is InChI=1S/C13H8O5/c14-5-9-6-2-1-3-7-11(6)8(4-10(9)15)13(17)18-12(7)16/h1-4,14-15H,5H2. The van der Waals surface area contributed by atoms with Crippen LogP contribution in [0.15, 0.2) is 24.3 Å². The molecule has 0 atom stereocenters. The summed E-state index contributed by atoms with van der Waals surface area (Å²) < 4.78 is 4.58. The Kier molecular flexibility index (Phi) is 2.11. The highest BCUT2D eigenvalue weighted by Crippen LogP contribution is 2.35. The lowest BCUT2D eigenvalue weighted by molar-refractivity contribution is 0.0390. The summed E-state index contributed by atoms with van der Waals surface area (Å²) in [6.45, 7) is -0.380. The van der Waals surface area contributed by atoms with Crippen LogP contribution in [0.5, 0.6) is 5.75 Å². The molecule has 0 aliphatic carbocycles. The van der Waals surface area contributed by atoms with Crippen molar-refractivity contribution in [2.75, 3.05) is 0 Å². The molecule has 5 nitrogen and oxygen atoms in total. The molecule has 0 spiro atoms. The Morgan fingerprint density at radius 1 is 1.11 bits per heavy atom. The Morgan fingerprint density at radius 3 is 2.56 bits per heavy atom. The van der Waals surface area contributed by atoms with Gasteiger partial charge in [-0.05, 0) is 17.5 Å². The molecule has 0 fully saturated rings. The van der Waals surface area contributed by atoms with E-state index in [1.807, 2.05) is 0 Å². The van der Waals surface area contributed by atoms with Crippen molar-refractivity contribution in [1.29, 1.82) is 0 Å². The van der Waals surface area contributed by atoms with E-state index in [2.05, 4.69) is 4.74 Å². The lowest BCUT2D eigenvalue weighted by Crippen LogP contribution is -2.19. The SMILES string of the molecule is O=C1OC(=O)c2cc(O)c(CO)c3cccc1c23. The normalized spacial score (nSPS) is 13.8. The van der Waals surface area contributed by atoms with Crippen molar-refractivity contribution in [3.8, 4) is 5.75 Å². The first-order chi connectivity index (χ1) is 8.63. The van der Waals surface area contributed by atoms with Crippen LogP contribution in [0.4, 0.5) is 0 Å². The lowest BCUT2D eigenvalue weighted by Gasteiger charge is -2.17. The molecule has 1 aliphatic rings. The van der Waals surface area contributed by atoms with Crippen molar-refractivity contribution in [3.63, 3.8) is 0 Å². The zero-order valence-electron chi connectivity index (χ0n) is 9.14. The second-order valence-electron chi connectivity index (χ2n) is 3.99. The van der Waals surface area contributed by atoms with Gasteiger partial charge in [-0.2, -0.15) is 0 Å². The van der Waals surface area contributed by atoms with Gasteiger partial charge >= 0.3 is 11.9 Å². The van der Waals surface area contributed by atoms with E-state index in [1.165, 1.54) is 6.07 Å². The Morgan fingerprint density at radius 2 is 1.83 bits per heavy atom. The van der Waals surface area contributed by atoms with Crippen LogP contribution in [0.1, 0.15) is 26.3 Å². The molecule has 1 heterocycles. The predicted octanol–water partition coefficient (Wildman–Crippen LogP) is 1.35. The number of carbonyl (C=O) groups is 2. The van der Waals surface area contributed by atoms with Crippen molar-refractivity contribution >= 4 is 22.7 Å². The minimum absolute atomic E-state index is 0.134. The molecule has 0 saturated heterocycles. The third-order valence-electron chi connectivity index (χ3n) is 3.03. The van der Waals surface area contributed by atoms with Crippen molar-refractivity contribution in [3.05, 3.63) is 41.0 Å². The van der Waals surface area contributed by atoms with Gasteiger partial charge in [0.1, 0.15) is 5.75 Å². The number of aliphatic hydroxyl groups is 1. The molecule has 2 N–H and O–H groups in total. The highest BCUT2D eigenvalue weighted by molar-refractivity contribution is 6.21. The van der Waals surface area contributed by atoms with Gasteiger partial charge in [-0.3, -0.25) is 0 Å². The average Bonchev–Trinajstić information content (AvgIpc) is 2.35. The van der Waals surface area contributed by atoms with Gasteiger partial charge in [0.2, 0.25) is 0 Å². The van der Waals surface area contributed by atoms with Gasteiger partial charge in [0.25, 0.3) is 0 Å². The van der Waals surface area contributed by atoms with Crippen molar-refractivity contribution in [2.45, 2.75) is 6.61 Å². The number of aliphatic hydroxyl groups excluding tert-OH is 1. The van der Waals surface area contributed by atoms with E-state index in [1.54, 1.807) is 18.2 Å². The zero-order valence-corrected chi connectivity index (χ0v) is 9.14. The number of ether oxygens (including phenoxy) is 1. The van der Waals surface area contributed by atoms with Crippen LogP contribution in [0.3, 0.4) is 0 Å². The Bertz CT molecular complexity index is 702. The third kappa shape index (κ3) is 1.25. The maximum atomic E-state index is 11.6. The maximum Gasteiger partial charge on any atom is 0.346 e. The number of esters is 2. The number of hydrogen-bond acceptors (Lipinski definition) is 5. The maximum absolute atomic E-state index is 11.6. The third-order valence-corrected chi connectivity index (χ3v) is 3.03. The van der Waals surface area contributed by atoms with Crippen LogP contribution < -0.4 is 0 Å². The monoisotopic (exact) mass is 244 g/mol. The molecule has 5 heteroatoms. The molecule has 2 aromatic rings. The largest absolute Gasteiger partial charge is 0.508 e. The fourth-order valence-corrected chi connectivity index (χ4v) is 2.22. The number of aromatic hydroxyl groups is 1. The number of benzene rings is 2. The summed E-state index contributed by atoms with van der Waals surface area (Å²) >= 11 is 0. The van der Waals surface area contributed by atoms with Crippen molar-refractivity contribution in [1.82, 2.24) is 0 Å². The topological polar surface area (TPSA) is 83.8 Å². The number of phenols is 1. The van der Waals surface area contributed by atoms with Crippen molar-refractivity contribution < 1.29 is 24.5 Å². The second kappa shape index (κ2) is 3.54. The fourth-order valence-electron chi connectivity index (χ4n) is 2.22. The van der Waals surface area contributed by atoms with Crippen LogP contribution >= 0.6 is 0 Å². The van der Waals surface area contributed by atoms with Crippen LogP contribution in [0.2, 0.25) is 0 Å². The lowest BCUT2D eigenvalue weighted by atomic mass is 9.93. The van der Waals surface area contributed by atoms with Crippen LogP contribution in [0, 0.1) is 0 Å². The van der Waals surface area contributed by atoms with Gasteiger partial charge in [-0.1, -0.05) is 12.1 Å². The van der Waals surface area contributed by atoms with E-state index in [9.17, 15) is 19.8 Å². The summed E-state index contributed by atoms with van der Waals surface area (Å²) in [6, 6.07) is 6.00. The highest BCUT2D eigenvalue weighted by atomic mass is 16.6. The van der Waals surface area contributed by atoms with Gasteiger partial charge in [0, 0.05) is 10.9 Å². The smallest absolute Gasteiger partial charge is 0.346 e. The van der Waals surface area contributed by atoms with Gasteiger partial charge in [0.15, 0.2) is 0 Å². The Hall–Kier alpha value is -2.40. The molecule has 18 heavy (non-hydrogen) atoms. The summed E-state index contributed by atoms with van der Waals surface area (Å²) in [5.41, 5.74) is 0.685. The van der Waals surface area contributed by atoms with Crippen LogP contribution in [0.25, 0.3) is 10.8 Å². The second-order valence-corrected chi connectivity index (χ2v) is 3.99. The van der Waals surface area contributed by atoms with Gasteiger partial charge in [-0.25, -0.2) is 9.59 Å². The predicted molar refractivity (Wildman–Crippen MR) is 61.3 cm³/mol. The molecule has 0 saturated carbocycles. The van der Waals surface area contributed by atoms with E-state index in [0.717, 1.165) is 0 Å². The molecular weight excluding hydrogens is 236 g/mol. The number of rotatable bonds is 1.